The lowest BCUT2D eigenvalue weighted by atomic mass is 10.2. The molecule has 2 heterocycles. The maximum atomic E-state index is 5.85. The van der Waals surface area contributed by atoms with Gasteiger partial charge in [-0.15, -0.1) is 11.3 Å². The quantitative estimate of drug-likeness (QED) is 0.891. The van der Waals surface area contributed by atoms with Crippen molar-refractivity contribution >= 4 is 11.3 Å². The van der Waals surface area contributed by atoms with Crippen molar-refractivity contribution in [3.05, 3.63) is 39.8 Å². The van der Waals surface area contributed by atoms with Crippen LogP contribution >= 0.6 is 11.3 Å². The largest absolute Gasteiger partial charge is 0.490 e. The molecule has 0 radical (unpaired) electrons. The van der Waals surface area contributed by atoms with E-state index < -0.39 is 0 Å². The van der Waals surface area contributed by atoms with E-state index in [4.69, 9.17) is 14.5 Å². The zero-order chi connectivity index (χ0) is 14.5. The van der Waals surface area contributed by atoms with E-state index in [1.54, 1.807) is 11.3 Å². The molecule has 0 aliphatic carbocycles. The zero-order valence-corrected chi connectivity index (χ0v) is 13.0. The number of benzene rings is 1. The lowest BCUT2D eigenvalue weighted by Gasteiger charge is -2.10. The van der Waals surface area contributed by atoms with Crippen LogP contribution in [0.25, 0.3) is 0 Å². The second-order valence-corrected chi connectivity index (χ2v) is 6.05. The Balaban J connectivity index is 1.57. The van der Waals surface area contributed by atoms with Crippen molar-refractivity contribution in [2.75, 3.05) is 19.8 Å². The Kier molecular flexibility index (Phi) is 4.72. The van der Waals surface area contributed by atoms with Crippen molar-refractivity contribution in [3.63, 3.8) is 0 Å². The molecule has 1 aliphatic rings. The number of thiazole rings is 1. The molecule has 0 atom stereocenters. The molecule has 3 rings (SSSR count). The number of aromatic nitrogens is 1. The van der Waals surface area contributed by atoms with E-state index in [0.717, 1.165) is 42.4 Å². The first kappa shape index (κ1) is 14.4. The maximum absolute atomic E-state index is 5.85. The van der Waals surface area contributed by atoms with Crippen LogP contribution in [-0.2, 0) is 19.4 Å². The second kappa shape index (κ2) is 6.91. The van der Waals surface area contributed by atoms with Gasteiger partial charge in [-0.3, -0.25) is 0 Å². The van der Waals surface area contributed by atoms with Gasteiger partial charge in [0.15, 0.2) is 11.5 Å². The molecule has 1 N–H and O–H groups in total. The van der Waals surface area contributed by atoms with E-state index in [0.29, 0.717) is 13.2 Å². The minimum absolute atomic E-state index is 0.629. The van der Waals surface area contributed by atoms with E-state index in [9.17, 15) is 0 Å². The molecular formula is C16H20N2O2S. The molecule has 112 valence electrons. The Morgan fingerprint density at radius 1 is 1.24 bits per heavy atom. The summed E-state index contributed by atoms with van der Waals surface area (Å²) in [5.74, 6) is 1.62. The number of rotatable bonds is 6. The van der Waals surface area contributed by atoms with E-state index in [-0.39, 0.29) is 0 Å². The van der Waals surface area contributed by atoms with Crippen LogP contribution < -0.4 is 14.8 Å². The number of ether oxygens (including phenoxy) is 2. The molecule has 1 aromatic heterocycles. The van der Waals surface area contributed by atoms with Gasteiger partial charge in [0.25, 0.3) is 0 Å². The van der Waals surface area contributed by atoms with Crippen LogP contribution in [0.5, 0.6) is 11.5 Å². The number of nitrogens with zero attached hydrogens (tertiary/aromatic N) is 1. The lowest BCUT2D eigenvalue weighted by molar-refractivity contribution is 0.279. The molecule has 0 spiro atoms. The highest BCUT2D eigenvalue weighted by molar-refractivity contribution is 7.11. The Bertz CT molecular complexity index is 574. The van der Waals surface area contributed by atoms with Gasteiger partial charge >= 0.3 is 0 Å². The van der Waals surface area contributed by atoms with Crippen molar-refractivity contribution in [1.29, 1.82) is 0 Å². The minimum atomic E-state index is 0.629. The summed E-state index contributed by atoms with van der Waals surface area (Å²) in [5.41, 5.74) is 1.27. The Morgan fingerprint density at radius 3 is 2.81 bits per heavy atom. The topological polar surface area (TPSA) is 43.4 Å². The highest BCUT2D eigenvalue weighted by Gasteiger charge is 2.14. The standard InChI is InChI=1S/C16H20N2O2S/c1-2-19-13-5-3-4-6-14(13)20-10-8-16-18-12-7-9-17-11-15(12)21-16/h3-6,17H,2,7-11H2,1H3. The SMILES string of the molecule is CCOc1ccccc1OCCc1nc2c(s1)CNCC2. The van der Waals surface area contributed by atoms with Crippen molar-refractivity contribution in [1.82, 2.24) is 10.3 Å². The summed E-state index contributed by atoms with van der Waals surface area (Å²) in [6.45, 7) is 5.25. The smallest absolute Gasteiger partial charge is 0.161 e. The van der Waals surface area contributed by atoms with Crippen LogP contribution in [0.4, 0.5) is 0 Å². The molecule has 2 aromatic rings. The van der Waals surface area contributed by atoms with Gasteiger partial charge in [0, 0.05) is 30.8 Å². The highest BCUT2D eigenvalue weighted by Crippen LogP contribution is 2.27. The Labute approximate surface area is 129 Å². The summed E-state index contributed by atoms with van der Waals surface area (Å²) in [6.07, 6.45) is 1.89. The van der Waals surface area contributed by atoms with E-state index in [1.165, 1.54) is 10.6 Å². The van der Waals surface area contributed by atoms with Crippen molar-refractivity contribution in [2.24, 2.45) is 0 Å². The normalized spacial score (nSPS) is 13.8. The van der Waals surface area contributed by atoms with Gasteiger partial charge in [-0.1, -0.05) is 12.1 Å². The predicted molar refractivity (Wildman–Crippen MR) is 84.3 cm³/mol. The number of fused-ring (bicyclic) bond motifs is 1. The van der Waals surface area contributed by atoms with Crippen LogP contribution in [0, 0.1) is 0 Å². The molecule has 0 fully saturated rings. The summed E-state index contributed by atoms with van der Waals surface area (Å²) in [7, 11) is 0. The summed E-state index contributed by atoms with van der Waals surface area (Å²) in [5, 5.41) is 4.54. The average Bonchev–Trinajstić information content (AvgIpc) is 2.92. The van der Waals surface area contributed by atoms with Crippen LogP contribution in [0.1, 0.15) is 22.5 Å². The third-order valence-electron chi connectivity index (χ3n) is 3.37. The first-order valence-electron chi connectivity index (χ1n) is 7.39. The minimum Gasteiger partial charge on any atom is -0.490 e. The molecule has 1 aromatic carbocycles. The molecule has 0 saturated carbocycles. The van der Waals surface area contributed by atoms with E-state index in [1.807, 2.05) is 31.2 Å². The summed E-state index contributed by atoms with van der Waals surface area (Å²) >= 11 is 1.80. The van der Waals surface area contributed by atoms with Crippen molar-refractivity contribution < 1.29 is 9.47 Å². The fourth-order valence-corrected chi connectivity index (χ4v) is 3.44. The van der Waals surface area contributed by atoms with Crippen LogP contribution in [0.3, 0.4) is 0 Å². The molecule has 0 saturated heterocycles. The van der Waals surface area contributed by atoms with Gasteiger partial charge < -0.3 is 14.8 Å². The molecule has 4 nitrogen and oxygen atoms in total. The molecule has 1 aliphatic heterocycles. The molecule has 0 amide bonds. The summed E-state index contributed by atoms with van der Waals surface area (Å²) in [4.78, 5) is 6.09. The second-order valence-electron chi connectivity index (χ2n) is 4.88. The lowest BCUT2D eigenvalue weighted by Crippen LogP contribution is -2.22. The Morgan fingerprint density at radius 2 is 2.05 bits per heavy atom. The molecule has 5 heteroatoms. The molecule has 0 unspecified atom stereocenters. The first-order chi connectivity index (χ1) is 10.4. The van der Waals surface area contributed by atoms with E-state index in [2.05, 4.69) is 5.32 Å². The molecule has 21 heavy (non-hydrogen) atoms. The fraction of sp³-hybridized carbons (Fsp3) is 0.438. The summed E-state index contributed by atoms with van der Waals surface area (Å²) in [6, 6.07) is 7.81. The van der Waals surface area contributed by atoms with E-state index >= 15 is 0 Å². The summed E-state index contributed by atoms with van der Waals surface area (Å²) < 4.78 is 11.4. The van der Waals surface area contributed by atoms with Gasteiger partial charge in [-0.25, -0.2) is 4.98 Å². The predicted octanol–water partition coefficient (Wildman–Crippen LogP) is 2.81. The number of hydrogen-bond donors (Lipinski definition) is 1. The molecular weight excluding hydrogens is 284 g/mol. The fourth-order valence-electron chi connectivity index (χ4n) is 2.38. The third kappa shape index (κ3) is 3.54. The monoisotopic (exact) mass is 304 g/mol. The van der Waals surface area contributed by atoms with Crippen LogP contribution in [-0.4, -0.2) is 24.7 Å². The zero-order valence-electron chi connectivity index (χ0n) is 12.2. The first-order valence-corrected chi connectivity index (χ1v) is 8.21. The third-order valence-corrected chi connectivity index (χ3v) is 4.53. The van der Waals surface area contributed by atoms with Gasteiger partial charge in [0.2, 0.25) is 0 Å². The number of para-hydroxylation sites is 2. The molecule has 0 bridgehead atoms. The number of nitrogens with one attached hydrogen (secondary N) is 1. The van der Waals surface area contributed by atoms with Crippen molar-refractivity contribution in [2.45, 2.75) is 26.3 Å². The van der Waals surface area contributed by atoms with Crippen molar-refractivity contribution in [3.8, 4) is 11.5 Å². The van der Waals surface area contributed by atoms with Gasteiger partial charge in [-0.05, 0) is 19.1 Å². The Hall–Kier alpha value is -1.59. The number of hydrogen-bond acceptors (Lipinski definition) is 5. The van der Waals surface area contributed by atoms with Crippen LogP contribution in [0.2, 0.25) is 0 Å². The van der Waals surface area contributed by atoms with Gasteiger partial charge in [0.1, 0.15) is 0 Å². The highest BCUT2D eigenvalue weighted by atomic mass is 32.1. The van der Waals surface area contributed by atoms with Crippen LogP contribution in [0.15, 0.2) is 24.3 Å². The van der Waals surface area contributed by atoms with Gasteiger partial charge in [-0.2, -0.15) is 0 Å². The van der Waals surface area contributed by atoms with Gasteiger partial charge in [0.05, 0.1) is 23.9 Å². The maximum Gasteiger partial charge on any atom is 0.161 e. The average molecular weight is 304 g/mol.